The highest BCUT2D eigenvalue weighted by Gasteiger charge is 2.32. The largest absolute Gasteiger partial charge is 0.369 e. The van der Waals surface area contributed by atoms with Crippen LogP contribution < -0.4 is 10.6 Å². The molecule has 1 aromatic rings. The predicted molar refractivity (Wildman–Crippen MR) is 80.0 cm³/mol. The van der Waals surface area contributed by atoms with Crippen LogP contribution in [0.2, 0.25) is 0 Å². The van der Waals surface area contributed by atoms with Gasteiger partial charge in [0.15, 0.2) is 0 Å². The van der Waals surface area contributed by atoms with Gasteiger partial charge >= 0.3 is 0 Å². The standard InChI is InChI=1S/C16H24N4/c17-13-6-8-20(9-7-13)14-10-18-16(12-2-1-3-12)19-15(14)11-4-5-11/h10-13H,1-9,17H2. The van der Waals surface area contributed by atoms with Crippen molar-refractivity contribution in [2.24, 2.45) is 5.73 Å². The molecule has 4 nitrogen and oxygen atoms in total. The summed E-state index contributed by atoms with van der Waals surface area (Å²) in [6.07, 6.45) is 10.8. The maximum absolute atomic E-state index is 6.02. The van der Waals surface area contributed by atoms with Crippen LogP contribution in [0.1, 0.15) is 68.3 Å². The Morgan fingerprint density at radius 3 is 2.35 bits per heavy atom. The van der Waals surface area contributed by atoms with Gasteiger partial charge in [-0.15, -0.1) is 0 Å². The fourth-order valence-corrected chi connectivity index (χ4v) is 3.31. The van der Waals surface area contributed by atoms with Crippen molar-refractivity contribution in [1.29, 1.82) is 0 Å². The van der Waals surface area contributed by atoms with Crippen molar-refractivity contribution in [3.8, 4) is 0 Å². The van der Waals surface area contributed by atoms with Gasteiger partial charge in [0, 0.05) is 31.0 Å². The maximum Gasteiger partial charge on any atom is 0.131 e. The summed E-state index contributed by atoms with van der Waals surface area (Å²) < 4.78 is 0. The van der Waals surface area contributed by atoms with Gasteiger partial charge in [0.1, 0.15) is 5.82 Å². The first-order valence-corrected chi connectivity index (χ1v) is 8.18. The van der Waals surface area contributed by atoms with Gasteiger partial charge in [-0.2, -0.15) is 0 Å². The summed E-state index contributed by atoms with van der Waals surface area (Å²) in [5.74, 6) is 2.44. The van der Waals surface area contributed by atoms with Gasteiger partial charge in [-0.3, -0.25) is 0 Å². The first-order valence-electron chi connectivity index (χ1n) is 8.18. The third-order valence-electron chi connectivity index (χ3n) is 5.13. The van der Waals surface area contributed by atoms with Crippen molar-refractivity contribution in [3.63, 3.8) is 0 Å². The number of anilines is 1. The van der Waals surface area contributed by atoms with E-state index >= 15 is 0 Å². The minimum absolute atomic E-state index is 0.380. The zero-order valence-electron chi connectivity index (χ0n) is 12.1. The van der Waals surface area contributed by atoms with Gasteiger partial charge < -0.3 is 10.6 Å². The molecule has 2 N–H and O–H groups in total. The maximum atomic E-state index is 6.02. The van der Waals surface area contributed by atoms with Crippen LogP contribution in [0.4, 0.5) is 5.69 Å². The summed E-state index contributed by atoms with van der Waals surface area (Å²) in [7, 11) is 0. The lowest BCUT2D eigenvalue weighted by molar-refractivity contribution is 0.400. The Kier molecular flexibility index (Phi) is 3.14. The number of nitrogens with two attached hydrogens (primary N) is 1. The van der Waals surface area contributed by atoms with Crippen LogP contribution in [-0.4, -0.2) is 29.1 Å². The second kappa shape index (κ2) is 4.99. The molecule has 0 atom stereocenters. The SMILES string of the molecule is NC1CCN(c2cnc(C3CCC3)nc2C2CC2)CC1. The van der Waals surface area contributed by atoms with Crippen LogP contribution >= 0.6 is 0 Å². The third kappa shape index (κ3) is 2.30. The van der Waals surface area contributed by atoms with Gasteiger partial charge in [0.05, 0.1) is 17.6 Å². The van der Waals surface area contributed by atoms with Crippen LogP contribution in [0.3, 0.4) is 0 Å². The van der Waals surface area contributed by atoms with Gasteiger partial charge in [-0.1, -0.05) is 6.42 Å². The molecular weight excluding hydrogens is 248 g/mol. The van der Waals surface area contributed by atoms with E-state index in [2.05, 4.69) is 16.1 Å². The molecule has 2 aliphatic carbocycles. The number of rotatable bonds is 3. The highest BCUT2D eigenvalue weighted by atomic mass is 15.2. The summed E-state index contributed by atoms with van der Waals surface area (Å²) in [5, 5.41) is 0. The average molecular weight is 272 g/mol. The fourth-order valence-electron chi connectivity index (χ4n) is 3.31. The molecule has 1 aliphatic heterocycles. The Hall–Kier alpha value is -1.16. The topological polar surface area (TPSA) is 55.0 Å². The van der Waals surface area contributed by atoms with Crippen LogP contribution in [0.5, 0.6) is 0 Å². The van der Waals surface area contributed by atoms with E-state index in [9.17, 15) is 0 Å². The fraction of sp³-hybridized carbons (Fsp3) is 0.750. The van der Waals surface area contributed by atoms with Gasteiger partial charge in [-0.05, 0) is 38.5 Å². The second-order valence-corrected chi connectivity index (χ2v) is 6.73. The van der Waals surface area contributed by atoms with Crippen molar-refractivity contribution in [1.82, 2.24) is 9.97 Å². The van der Waals surface area contributed by atoms with E-state index in [0.717, 1.165) is 31.8 Å². The highest BCUT2D eigenvalue weighted by molar-refractivity contribution is 5.52. The highest BCUT2D eigenvalue weighted by Crippen LogP contribution is 2.44. The molecule has 0 spiro atoms. The molecule has 20 heavy (non-hydrogen) atoms. The smallest absolute Gasteiger partial charge is 0.131 e. The molecule has 108 valence electrons. The Morgan fingerprint density at radius 2 is 1.75 bits per heavy atom. The van der Waals surface area contributed by atoms with Crippen LogP contribution in [0.15, 0.2) is 6.20 Å². The molecule has 4 heteroatoms. The van der Waals surface area contributed by atoms with Crippen molar-refractivity contribution in [2.75, 3.05) is 18.0 Å². The number of hydrogen-bond acceptors (Lipinski definition) is 4. The lowest BCUT2D eigenvalue weighted by Gasteiger charge is -2.33. The van der Waals surface area contributed by atoms with Crippen LogP contribution in [0.25, 0.3) is 0 Å². The predicted octanol–water partition coefficient (Wildman–Crippen LogP) is 2.55. The normalized spacial score (nSPS) is 24.8. The monoisotopic (exact) mass is 272 g/mol. The van der Waals surface area contributed by atoms with E-state index < -0.39 is 0 Å². The summed E-state index contributed by atoms with van der Waals surface area (Å²) in [5.41, 5.74) is 8.64. The lowest BCUT2D eigenvalue weighted by Crippen LogP contribution is -2.40. The number of nitrogens with zero attached hydrogens (tertiary/aromatic N) is 3. The van der Waals surface area contributed by atoms with E-state index in [1.165, 1.54) is 43.5 Å². The Balaban J connectivity index is 1.61. The number of hydrogen-bond donors (Lipinski definition) is 1. The second-order valence-electron chi connectivity index (χ2n) is 6.73. The van der Waals surface area contributed by atoms with Crippen LogP contribution in [0, 0.1) is 0 Å². The summed E-state index contributed by atoms with van der Waals surface area (Å²) >= 11 is 0. The third-order valence-corrected chi connectivity index (χ3v) is 5.13. The molecule has 0 bridgehead atoms. The van der Waals surface area contributed by atoms with Crippen LogP contribution in [-0.2, 0) is 0 Å². The van der Waals surface area contributed by atoms with E-state index in [0.29, 0.717) is 17.9 Å². The first-order chi connectivity index (χ1) is 9.81. The molecule has 0 unspecified atom stereocenters. The molecule has 4 rings (SSSR count). The minimum Gasteiger partial charge on any atom is -0.369 e. The number of aromatic nitrogens is 2. The van der Waals surface area contributed by atoms with E-state index in [4.69, 9.17) is 10.7 Å². The van der Waals surface area contributed by atoms with Crippen molar-refractivity contribution in [3.05, 3.63) is 17.7 Å². The summed E-state index contributed by atoms with van der Waals surface area (Å²) in [6, 6.07) is 0.380. The molecule has 3 fully saturated rings. The molecule has 0 aromatic carbocycles. The molecule has 2 heterocycles. The van der Waals surface area contributed by atoms with Gasteiger partial charge in [0.2, 0.25) is 0 Å². The zero-order chi connectivity index (χ0) is 13.5. The van der Waals surface area contributed by atoms with Gasteiger partial charge in [0.25, 0.3) is 0 Å². The Bertz CT molecular complexity index is 485. The van der Waals surface area contributed by atoms with E-state index in [1.54, 1.807) is 0 Å². The molecule has 1 aromatic heterocycles. The van der Waals surface area contributed by atoms with Gasteiger partial charge in [-0.25, -0.2) is 9.97 Å². The Labute approximate surface area is 120 Å². The van der Waals surface area contributed by atoms with Crippen molar-refractivity contribution < 1.29 is 0 Å². The molecule has 0 radical (unpaired) electrons. The molecule has 2 saturated carbocycles. The lowest BCUT2D eigenvalue weighted by atomic mass is 9.85. The molecular formula is C16H24N4. The molecule has 3 aliphatic rings. The summed E-state index contributed by atoms with van der Waals surface area (Å²) in [6.45, 7) is 2.13. The van der Waals surface area contributed by atoms with E-state index in [1.807, 2.05) is 0 Å². The quantitative estimate of drug-likeness (QED) is 0.918. The minimum atomic E-state index is 0.380. The molecule has 0 amide bonds. The average Bonchev–Trinajstić information content (AvgIpc) is 3.22. The zero-order valence-corrected chi connectivity index (χ0v) is 12.1. The van der Waals surface area contributed by atoms with Crippen molar-refractivity contribution >= 4 is 5.69 Å². The first kappa shape index (κ1) is 12.6. The number of piperidine rings is 1. The van der Waals surface area contributed by atoms with E-state index in [-0.39, 0.29) is 0 Å². The summed E-state index contributed by atoms with van der Waals surface area (Å²) in [4.78, 5) is 12.1. The van der Waals surface area contributed by atoms with Crippen molar-refractivity contribution in [2.45, 2.75) is 62.8 Å². The Morgan fingerprint density at radius 1 is 1.00 bits per heavy atom. The molecule has 1 saturated heterocycles.